The van der Waals surface area contributed by atoms with Crippen molar-refractivity contribution in [1.29, 1.82) is 0 Å². The molecular weight excluding hydrogens is 274 g/mol. The molecule has 0 aliphatic carbocycles. The van der Waals surface area contributed by atoms with Crippen LogP contribution in [0.4, 0.5) is 8.78 Å². The van der Waals surface area contributed by atoms with Gasteiger partial charge in [0.25, 0.3) is 0 Å². The van der Waals surface area contributed by atoms with Gasteiger partial charge >= 0.3 is 5.97 Å². The van der Waals surface area contributed by atoms with Crippen molar-refractivity contribution in [2.45, 2.75) is 6.17 Å². The summed E-state index contributed by atoms with van der Waals surface area (Å²) in [7, 11) is 0. The minimum absolute atomic E-state index is 0.190. The molecule has 21 heavy (non-hydrogen) atoms. The highest BCUT2D eigenvalue weighted by molar-refractivity contribution is 5.89. The maximum atomic E-state index is 13.6. The Kier molecular flexibility index (Phi) is 5.21. The summed E-state index contributed by atoms with van der Waals surface area (Å²) in [6.07, 6.45) is 1.55. The van der Waals surface area contributed by atoms with Crippen molar-refractivity contribution in [2.24, 2.45) is 0 Å². The molecule has 0 saturated heterocycles. The summed E-state index contributed by atoms with van der Waals surface area (Å²) in [5.41, 5.74) is 1.06. The number of carbonyl (C=O) groups is 1. The summed E-state index contributed by atoms with van der Waals surface area (Å²) in [5, 5.41) is 0. The topological polar surface area (TPSA) is 26.3 Å². The second-order valence-corrected chi connectivity index (χ2v) is 4.39. The number of benzene rings is 2. The van der Waals surface area contributed by atoms with Crippen LogP contribution in [0.15, 0.2) is 60.7 Å². The summed E-state index contributed by atoms with van der Waals surface area (Å²) >= 11 is 0. The van der Waals surface area contributed by atoms with E-state index in [0.717, 1.165) is 17.7 Å². The molecule has 1 atom stereocenters. The van der Waals surface area contributed by atoms with Crippen LogP contribution in [0.5, 0.6) is 0 Å². The Morgan fingerprint density at radius 3 is 2.43 bits per heavy atom. The molecule has 0 spiro atoms. The molecule has 2 nitrogen and oxygen atoms in total. The molecule has 0 aliphatic heterocycles. The van der Waals surface area contributed by atoms with Crippen molar-refractivity contribution < 1.29 is 18.3 Å². The zero-order valence-corrected chi connectivity index (χ0v) is 11.2. The third kappa shape index (κ3) is 4.84. The van der Waals surface area contributed by atoms with E-state index in [1.54, 1.807) is 6.08 Å². The van der Waals surface area contributed by atoms with Crippen molar-refractivity contribution >= 4 is 12.0 Å². The van der Waals surface area contributed by atoms with Crippen LogP contribution in [-0.2, 0) is 4.74 Å². The standard InChI is InChI=1S/C17H14F2O2/c18-15-10-7-14(8-11-15)17(20)21-12-16(19)9-6-13-4-2-1-3-5-13/h1-11,16H,12H2/b9-6+. The molecule has 0 saturated carbocycles. The van der Waals surface area contributed by atoms with Crippen LogP contribution < -0.4 is 0 Å². The lowest BCUT2D eigenvalue weighted by Crippen LogP contribution is -2.13. The van der Waals surface area contributed by atoms with Crippen LogP contribution in [0.25, 0.3) is 6.08 Å². The van der Waals surface area contributed by atoms with Gasteiger partial charge in [-0.25, -0.2) is 13.6 Å². The molecule has 108 valence electrons. The SMILES string of the molecule is O=C(OCC(F)/C=C/c1ccccc1)c1ccc(F)cc1. The fourth-order valence-corrected chi connectivity index (χ4v) is 1.66. The Hall–Kier alpha value is -2.49. The van der Waals surface area contributed by atoms with Gasteiger partial charge in [-0.1, -0.05) is 36.4 Å². The predicted octanol–water partition coefficient (Wildman–Crippen LogP) is 4.03. The Morgan fingerprint density at radius 2 is 1.76 bits per heavy atom. The lowest BCUT2D eigenvalue weighted by Gasteiger charge is -2.06. The normalized spacial score (nSPS) is 12.3. The van der Waals surface area contributed by atoms with Gasteiger partial charge in [0.2, 0.25) is 0 Å². The Morgan fingerprint density at radius 1 is 1.10 bits per heavy atom. The van der Waals surface area contributed by atoms with Crippen LogP contribution in [0, 0.1) is 5.82 Å². The highest BCUT2D eigenvalue weighted by Gasteiger charge is 2.10. The fraction of sp³-hybridized carbons (Fsp3) is 0.118. The number of hydrogen-bond donors (Lipinski definition) is 0. The van der Waals surface area contributed by atoms with Gasteiger partial charge in [0.05, 0.1) is 5.56 Å². The van der Waals surface area contributed by atoms with Gasteiger partial charge in [-0.05, 0) is 35.9 Å². The van der Waals surface area contributed by atoms with Gasteiger partial charge in [-0.3, -0.25) is 0 Å². The maximum absolute atomic E-state index is 13.6. The maximum Gasteiger partial charge on any atom is 0.338 e. The molecule has 0 amide bonds. The monoisotopic (exact) mass is 288 g/mol. The van der Waals surface area contributed by atoms with Gasteiger partial charge in [0.1, 0.15) is 12.4 Å². The predicted molar refractivity (Wildman–Crippen MR) is 77.1 cm³/mol. The number of carbonyl (C=O) groups excluding carboxylic acids is 1. The van der Waals surface area contributed by atoms with Gasteiger partial charge in [0, 0.05) is 0 Å². The Balaban J connectivity index is 1.83. The van der Waals surface area contributed by atoms with E-state index < -0.39 is 18.0 Å². The van der Waals surface area contributed by atoms with Crippen LogP contribution in [-0.4, -0.2) is 18.7 Å². The first-order valence-corrected chi connectivity index (χ1v) is 6.45. The average Bonchev–Trinajstić information content (AvgIpc) is 2.52. The minimum atomic E-state index is -1.39. The fourth-order valence-electron chi connectivity index (χ4n) is 1.66. The highest BCUT2D eigenvalue weighted by Crippen LogP contribution is 2.07. The first-order valence-electron chi connectivity index (χ1n) is 6.45. The molecule has 0 aliphatic rings. The number of alkyl halides is 1. The summed E-state index contributed by atoms with van der Waals surface area (Å²) in [4.78, 5) is 11.6. The largest absolute Gasteiger partial charge is 0.459 e. The van der Waals surface area contributed by atoms with Crippen LogP contribution >= 0.6 is 0 Å². The second-order valence-electron chi connectivity index (χ2n) is 4.39. The molecule has 0 fully saturated rings. The summed E-state index contributed by atoms with van der Waals surface area (Å²) in [6, 6.07) is 14.1. The molecule has 0 heterocycles. The first-order chi connectivity index (χ1) is 10.1. The lowest BCUT2D eigenvalue weighted by molar-refractivity contribution is 0.0438. The third-order valence-electron chi connectivity index (χ3n) is 2.75. The number of halogens is 2. The zero-order valence-electron chi connectivity index (χ0n) is 11.2. The van der Waals surface area contributed by atoms with E-state index in [2.05, 4.69) is 0 Å². The molecular formula is C17H14F2O2. The molecule has 2 aromatic rings. The Bertz CT molecular complexity index is 606. The van der Waals surface area contributed by atoms with E-state index in [1.807, 2.05) is 30.3 Å². The smallest absolute Gasteiger partial charge is 0.338 e. The number of rotatable bonds is 5. The number of ether oxygens (including phenoxy) is 1. The quantitative estimate of drug-likeness (QED) is 0.776. The molecule has 0 bridgehead atoms. The molecule has 2 aromatic carbocycles. The van der Waals surface area contributed by atoms with E-state index in [-0.39, 0.29) is 12.2 Å². The minimum Gasteiger partial charge on any atom is -0.459 e. The van der Waals surface area contributed by atoms with Crippen LogP contribution in [0.2, 0.25) is 0 Å². The lowest BCUT2D eigenvalue weighted by atomic mass is 10.2. The van der Waals surface area contributed by atoms with E-state index >= 15 is 0 Å². The van der Waals surface area contributed by atoms with Gasteiger partial charge < -0.3 is 4.74 Å². The summed E-state index contributed by atoms with van der Waals surface area (Å²) < 4.78 is 31.1. The molecule has 4 heteroatoms. The highest BCUT2D eigenvalue weighted by atomic mass is 19.1. The first kappa shape index (κ1) is 14.9. The van der Waals surface area contributed by atoms with E-state index in [9.17, 15) is 13.6 Å². The van der Waals surface area contributed by atoms with Gasteiger partial charge in [0.15, 0.2) is 6.17 Å². The molecule has 2 rings (SSSR count). The van der Waals surface area contributed by atoms with Crippen molar-refractivity contribution in [1.82, 2.24) is 0 Å². The molecule has 0 N–H and O–H groups in total. The Labute approximate surface area is 121 Å². The van der Waals surface area contributed by atoms with Gasteiger partial charge in [-0.15, -0.1) is 0 Å². The van der Waals surface area contributed by atoms with Crippen molar-refractivity contribution in [3.63, 3.8) is 0 Å². The second kappa shape index (κ2) is 7.33. The summed E-state index contributed by atoms with van der Waals surface area (Å²) in [5.74, 6) is -1.12. The summed E-state index contributed by atoms with van der Waals surface area (Å²) in [6.45, 7) is -0.375. The molecule has 0 aromatic heterocycles. The molecule has 1 unspecified atom stereocenters. The van der Waals surface area contributed by atoms with Crippen molar-refractivity contribution in [3.05, 3.63) is 77.6 Å². The van der Waals surface area contributed by atoms with Crippen molar-refractivity contribution in [3.8, 4) is 0 Å². The van der Waals surface area contributed by atoms with Crippen LogP contribution in [0.3, 0.4) is 0 Å². The van der Waals surface area contributed by atoms with E-state index in [1.165, 1.54) is 18.2 Å². The third-order valence-corrected chi connectivity index (χ3v) is 2.75. The average molecular weight is 288 g/mol. The van der Waals surface area contributed by atoms with Crippen molar-refractivity contribution in [2.75, 3.05) is 6.61 Å². The zero-order chi connectivity index (χ0) is 15.1. The number of esters is 1. The van der Waals surface area contributed by atoms with E-state index in [0.29, 0.717) is 0 Å². The number of hydrogen-bond acceptors (Lipinski definition) is 2. The molecule has 0 radical (unpaired) electrons. The van der Waals surface area contributed by atoms with E-state index in [4.69, 9.17) is 4.74 Å². The van der Waals surface area contributed by atoms with Crippen LogP contribution in [0.1, 0.15) is 15.9 Å². The van der Waals surface area contributed by atoms with Gasteiger partial charge in [-0.2, -0.15) is 0 Å².